The van der Waals surface area contributed by atoms with Crippen LogP contribution >= 0.6 is 0 Å². The van der Waals surface area contributed by atoms with Crippen molar-refractivity contribution in [3.05, 3.63) is 49.1 Å². The van der Waals surface area contributed by atoms with E-state index in [1.165, 1.54) is 0 Å². The van der Waals surface area contributed by atoms with Gasteiger partial charge in [-0.15, -0.1) is 0 Å². The Morgan fingerprint density at radius 1 is 1.12 bits per heavy atom. The van der Waals surface area contributed by atoms with Gasteiger partial charge < -0.3 is 5.11 Å². The van der Waals surface area contributed by atoms with Gasteiger partial charge in [-0.1, -0.05) is 0 Å². The zero-order valence-corrected chi connectivity index (χ0v) is 9.34. The van der Waals surface area contributed by atoms with Gasteiger partial charge in [0, 0.05) is 24.3 Å². The van der Waals surface area contributed by atoms with Gasteiger partial charge in [0.1, 0.15) is 6.42 Å². The van der Waals surface area contributed by atoms with Gasteiger partial charge in [-0.25, -0.2) is 9.55 Å². The van der Waals surface area contributed by atoms with Crippen LogP contribution in [0.3, 0.4) is 0 Å². The molecule has 4 nitrogen and oxygen atoms in total. The minimum atomic E-state index is -0.778. The molecule has 2 heterocycles. The Bertz CT molecular complexity index is 495. The van der Waals surface area contributed by atoms with Crippen LogP contribution in [0, 0.1) is 0 Å². The summed E-state index contributed by atoms with van der Waals surface area (Å²) in [5.74, 6) is -0.778. The summed E-state index contributed by atoms with van der Waals surface area (Å²) < 4.78 is 1.87. The summed E-state index contributed by atoms with van der Waals surface area (Å²) in [5.41, 5.74) is 2.25. The molecule has 0 unspecified atom stereocenters. The molecule has 0 amide bonds. The maximum absolute atomic E-state index is 10.4. The van der Waals surface area contributed by atoms with E-state index in [0.717, 1.165) is 11.1 Å². The van der Waals surface area contributed by atoms with Crippen molar-refractivity contribution in [2.45, 2.75) is 13.0 Å². The van der Waals surface area contributed by atoms with Crippen molar-refractivity contribution in [2.75, 3.05) is 0 Å². The molecule has 0 saturated heterocycles. The number of nitrogens with zero attached hydrogens (tertiary/aromatic N) is 1. The molecule has 0 saturated carbocycles. The molecule has 0 spiro atoms. The molecule has 4 heteroatoms. The maximum Gasteiger partial charge on any atom is 0.309 e. The lowest BCUT2D eigenvalue weighted by Gasteiger charge is -1.98. The molecular weight excluding hydrogens is 216 g/mol. The molecule has 0 radical (unpaired) electrons. The van der Waals surface area contributed by atoms with Crippen molar-refractivity contribution in [2.24, 2.45) is 0 Å². The third kappa shape index (κ3) is 3.11. The fraction of sp³-hybridized carbons (Fsp3) is 0.154. The lowest BCUT2D eigenvalue weighted by Crippen LogP contribution is -2.33. The average Bonchev–Trinajstić information content (AvgIpc) is 2.38. The van der Waals surface area contributed by atoms with Gasteiger partial charge in [-0.05, 0) is 11.1 Å². The summed E-state index contributed by atoms with van der Waals surface area (Å²) in [6.45, 7) is 0.498. The number of H-pyrrole nitrogens is 1. The van der Waals surface area contributed by atoms with Crippen LogP contribution in [0.4, 0.5) is 0 Å². The van der Waals surface area contributed by atoms with Crippen LogP contribution in [0.1, 0.15) is 6.42 Å². The van der Waals surface area contributed by atoms with Crippen molar-refractivity contribution >= 4 is 5.97 Å². The van der Waals surface area contributed by atoms with Crippen molar-refractivity contribution in [1.82, 2.24) is 0 Å². The van der Waals surface area contributed by atoms with Gasteiger partial charge in [0.2, 0.25) is 0 Å². The summed E-state index contributed by atoms with van der Waals surface area (Å²) in [5, 5.41) is 8.59. The van der Waals surface area contributed by atoms with Gasteiger partial charge in [-0.3, -0.25) is 4.79 Å². The van der Waals surface area contributed by atoms with Gasteiger partial charge >= 0.3 is 5.97 Å². The van der Waals surface area contributed by atoms with Crippen molar-refractivity contribution < 1.29 is 19.5 Å². The van der Waals surface area contributed by atoms with Crippen LogP contribution in [-0.2, 0) is 11.3 Å². The number of rotatable bonds is 4. The molecule has 17 heavy (non-hydrogen) atoms. The Kier molecular flexibility index (Phi) is 3.45. The number of aromatic amines is 1. The summed E-state index contributed by atoms with van der Waals surface area (Å²) in [6.07, 6.45) is 7.69. The third-order valence-electron chi connectivity index (χ3n) is 2.53. The lowest BCUT2D eigenvalue weighted by atomic mass is 10.1. The number of aliphatic carboxylic acids is 1. The number of aromatic nitrogens is 2. The number of nitrogens with one attached hydrogen (secondary N) is 1. The van der Waals surface area contributed by atoms with Crippen LogP contribution in [0.2, 0.25) is 0 Å². The molecule has 86 valence electrons. The lowest BCUT2D eigenvalue weighted by molar-refractivity contribution is -0.695. The van der Waals surface area contributed by atoms with Gasteiger partial charge in [0.15, 0.2) is 31.3 Å². The Balaban J connectivity index is 2.11. The second kappa shape index (κ2) is 5.21. The molecular formula is C13H14N2O2+2. The highest BCUT2D eigenvalue weighted by Crippen LogP contribution is 2.14. The summed E-state index contributed by atoms with van der Waals surface area (Å²) >= 11 is 0. The topological polar surface area (TPSA) is 55.3 Å². The highest BCUT2D eigenvalue weighted by molar-refractivity contribution is 5.66. The summed E-state index contributed by atoms with van der Waals surface area (Å²) in [7, 11) is 0. The van der Waals surface area contributed by atoms with Crippen LogP contribution < -0.4 is 9.55 Å². The standard InChI is InChI=1S/C13H12N2O2/c16-13(17)5-10-15-8-3-12(4-9-15)11-1-6-14-7-2-11/h1-4,6-9H,5,10H2/p+2. The maximum atomic E-state index is 10.4. The monoisotopic (exact) mass is 230 g/mol. The minimum Gasteiger partial charge on any atom is -0.481 e. The van der Waals surface area contributed by atoms with E-state index in [1.807, 2.05) is 53.6 Å². The average molecular weight is 230 g/mol. The Labute approximate surface area is 99.2 Å². The van der Waals surface area contributed by atoms with E-state index < -0.39 is 5.97 Å². The highest BCUT2D eigenvalue weighted by Gasteiger charge is 2.05. The molecule has 2 aromatic rings. The number of pyridine rings is 2. The highest BCUT2D eigenvalue weighted by atomic mass is 16.4. The number of carboxylic acids is 1. The Morgan fingerprint density at radius 2 is 1.71 bits per heavy atom. The molecule has 0 fully saturated rings. The largest absolute Gasteiger partial charge is 0.481 e. The first kappa shape index (κ1) is 11.3. The van der Waals surface area contributed by atoms with Gasteiger partial charge in [0.25, 0.3) is 0 Å². The normalized spacial score (nSPS) is 10.1. The van der Waals surface area contributed by atoms with Crippen molar-refractivity contribution in [1.29, 1.82) is 0 Å². The molecule has 0 aliphatic carbocycles. The van der Waals surface area contributed by atoms with E-state index in [4.69, 9.17) is 5.11 Å². The first-order valence-electron chi connectivity index (χ1n) is 5.43. The van der Waals surface area contributed by atoms with Crippen LogP contribution in [0.5, 0.6) is 0 Å². The van der Waals surface area contributed by atoms with Crippen LogP contribution in [0.25, 0.3) is 11.1 Å². The van der Waals surface area contributed by atoms with Gasteiger partial charge in [0.05, 0.1) is 0 Å². The zero-order valence-electron chi connectivity index (χ0n) is 9.34. The van der Waals surface area contributed by atoms with Crippen LogP contribution in [0.15, 0.2) is 49.1 Å². The quantitative estimate of drug-likeness (QED) is 0.794. The predicted octanol–water partition coefficient (Wildman–Crippen LogP) is 0.930. The summed E-state index contributed by atoms with van der Waals surface area (Å²) in [4.78, 5) is 13.4. The fourth-order valence-electron chi connectivity index (χ4n) is 1.60. The Morgan fingerprint density at radius 3 is 2.29 bits per heavy atom. The van der Waals surface area contributed by atoms with E-state index in [0.29, 0.717) is 6.54 Å². The molecule has 2 aromatic heterocycles. The first-order valence-corrected chi connectivity index (χ1v) is 5.43. The van der Waals surface area contributed by atoms with E-state index in [1.54, 1.807) is 0 Å². The van der Waals surface area contributed by atoms with Gasteiger partial charge in [-0.2, -0.15) is 0 Å². The number of hydrogen-bond acceptors (Lipinski definition) is 1. The van der Waals surface area contributed by atoms with E-state index in [2.05, 4.69) is 4.98 Å². The fourth-order valence-corrected chi connectivity index (χ4v) is 1.60. The summed E-state index contributed by atoms with van der Waals surface area (Å²) in [6, 6.07) is 7.96. The van der Waals surface area contributed by atoms with Crippen molar-refractivity contribution in [3.63, 3.8) is 0 Å². The zero-order chi connectivity index (χ0) is 12.1. The molecule has 2 rings (SSSR count). The molecule has 0 aliphatic heterocycles. The molecule has 2 N–H and O–H groups in total. The number of aryl methyl sites for hydroxylation is 1. The van der Waals surface area contributed by atoms with E-state index >= 15 is 0 Å². The second-order valence-corrected chi connectivity index (χ2v) is 3.76. The van der Waals surface area contributed by atoms with Crippen LogP contribution in [-0.4, -0.2) is 11.1 Å². The Hall–Kier alpha value is -2.23. The molecule has 0 atom stereocenters. The first-order chi connectivity index (χ1) is 8.25. The number of hydrogen-bond donors (Lipinski definition) is 1. The minimum absolute atomic E-state index is 0.143. The van der Waals surface area contributed by atoms with E-state index in [-0.39, 0.29) is 6.42 Å². The number of carboxylic acid groups (broad SMARTS) is 1. The second-order valence-electron chi connectivity index (χ2n) is 3.76. The smallest absolute Gasteiger partial charge is 0.309 e. The van der Waals surface area contributed by atoms with Crippen molar-refractivity contribution in [3.8, 4) is 11.1 Å². The van der Waals surface area contributed by atoms with E-state index in [9.17, 15) is 4.79 Å². The third-order valence-corrected chi connectivity index (χ3v) is 2.53. The predicted molar refractivity (Wildman–Crippen MR) is 60.9 cm³/mol. The number of carbonyl (C=O) groups is 1. The molecule has 0 aromatic carbocycles. The molecule has 0 aliphatic rings. The SMILES string of the molecule is O=C(O)CC[n+]1ccc(-c2cc[nH+]cc2)cc1. The molecule has 0 bridgehead atoms.